The molecule has 0 aromatic carbocycles. The Bertz CT molecular complexity index is 3380. The highest BCUT2D eigenvalue weighted by molar-refractivity contribution is 14.1. The minimum atomic E-state index is -3.74. The molecule has 2 N–H and O–H groups in total. The lowest BCUT2D eigenvalue weighted by Crippen LogP contribution is -2.35. The summed E-state index contributed by atoms with van der Waals surface area (Å²) in [4.78, 5) is 25.7. The number of aromatic nitrogens is 8. The van der Waals surface area contributed by atoms with Gasteiger partial charge in [-0.1, -0.05) is 104 Å². The van der Waals surface area contributed by atoms with E-state index in [0.717, 1.165) is 98.0 Å². The Morgan fingerprint density at radius 1 is 0.551 bits per heavy atom. The van der Waals surface area contributed by atoms with Crippen molar-refractivity contribution < 1.29 is 37.6 Å². The molecule has 8 atom stereocenters. The van der Waals surface area contributed by atoms with E-state index < -0.39 is 54.3 Å². The molecule has 5 unspecified atom stereocenters. The second-order valence-electron chi connectivity index (χ2n) is 31.0. The summed E-state index contributed by atoms with van der Waals surface area (Å²) in [5.74, 6) is 4.77. The number of hydrogen-bond acceptors (Lipinski definition) is 18. The number of fused-ring (bicyclic) bond motifs is 6. The molecule has 6 heterocycles. The van der Waals surface area contributed by atoms with Crippen molar-refractivity contribution in [3.8, 4) is 20.9 Å². The maximum Gasteiger partial charge on any atom is 0.181 e. The molecule has 0 amide bonds. The fourth-order valence-electron chi connectivity index (χ4n) is 13.0. The van der Waals surface area contributed by atoms with Crippen LogP contribution >= 0.6 is 45.3 Å². The highest BCUT2D eigenvalue weighted by Crippen LogP contribution is 2.52. The van der Waals surface area contributed by atoms with Gasteiger partial charge in [-0.2, -0.15) is 19.2 Å². The number of thiazole rings is 2. The van der Waals surface area contributed by atoms with Crippen molar-refractivity contribution in [1.29, 1.82) is 0 Å². The summed E-state index contributed by atoms with van der Waals surface area (Å²) in [5.41, 5.74) is 4.99. The Kier molecular flexibility index (Phi) is 23.5. The Morgan fingerprint density at radius 3 is 1.22 bits per heavy atom. The van der Waals surface area contributed by atoms with E-state index in [4.69, 9.17) is 39.1 Å². The average molecular weight is 1460 g/mol. The minimum Gasteiger partial charge on any atom is -0.386 e. The maximum absolute atomic E-state index is 13.9. The summed E-state index contributed by atoms with van der Waals surface area (Å²) in [7, 11) is -8.85. The number of anilines is 2. The fourth-order valence-corrected chi connectivity index (χ4v) is 20.0. The largest absolute Gasteiger partial charge is 0.386 e. The van der Waals surface area contributed by atoms with Gasteiger partial charge in [0.25, 0.3) is 0 Å². The summed E-state index contributed by atoms with van der Waals surface area (Å²) in [5, 5.41) is 31.4. The van der Waals surface area contributed by atoms with E-state index >= 15 is 0 Å². The highest BCUT2D eigenvalue weighted by atomic mass is 127. The van der Waals surface area contributed by atoms with Crippen LogP contribution in [-0.2, 0) is 28.8 Å². The molecule has 0 spiro atoms. The maximum atomic E-state index is 13.9. The molecule has 89 heavy (non-hydrogen) atoms. The lowest BCUT2D eigenvalue weighted by Gasteiger charge is -2.32. The first-order chi connectivity index (χ1) is 41.8. The van der Waals surface area contributed by atoms with Crippen molar-refractivity contribution in [1.82, 2.24) is 39.2 Å². The molecule has 4 aliphatic carbocycles. The number of hydrogen-bond donors (Lipinski definition) is 2. The molecule has 26 heteroatoms. The molecule has 0 radical (unpaired) electrons. The number of rotatable bonds is 29. The van der Waals surface area contributed by atoms with Gasteiger partial charge in [0.1, 0.15) is 54.0 Å². The fraction of sp³-hybridized carbons (Fsp3) is 0.714. The molecule has 6 aromatic heterocycles. The molecular weight excluding hydrogens is 1360 g/mol. The van der Waals surface area contributed by atoms with Crippen LogP contribution in [0, 0.1) is 27.2 Å². The van der Waals surface area contributed by atoms with Crippen LogP contribution in [-0.4, -0.2) is 150 Å². The van der Waals surface area contributed by atoms with Crippen LogP contribution in [0.5, 0.6) is 0 Å². The number of sulfone groups is 1. The van der Waals surface area contributed by atoms with Gasteiger partial charge in [0.2, 0.25) is 0 Å². The van der Waals surface area contributed by atoms with Crippen LogP contribution in [0.25, 0.3) is 32.2 Å². The minimum absolute atomic E-state index is 0.0411. The Morgan fingerprint density at radius 2 is 0.888 bits per heavy atom. The van der Waals surface area contributed by atoms with Gasteiger partial charge in [-0.15, -0.1) is 22.7 Å². The first kappa shape index (κ1) is 70.7. The molecule has 0 saturated heterocycles. The van der Waals surface area contributed by atoms with Crippen molar-refractivity contribution >= 4 is 110 Å². The third kappa shape index (κ3) is 18.9. The zero-order valence-electron chi connectivity index (χ0n) is 55.9. The zero-order chi connectivity index (χ0) is 64.4. The SMILES string of the molecule is CC(O)c1ncc(-c2cnn3c(N(COCC[Si](C)(C)C)COCC[Si](C)(C)C)c(I)c(C4C[C@H]5CC[C@@H](C4)C5)nc23)s1.CC(O)c1ncc(-c2cnn3c(N(COCC[Si](C)(C)C)COCC[Si](C)(C)C)c(S(C)(=O)=O)c(C4CC5CC[C@@H](C5)C4)nc23)s1. The summed E-state index contributed by atoms with van der Waals surface area (Å²) in [6.45, 7) is 35.6. The molecule has 494 valence electrons. The number of aliphatic hydroxyl groups excluding tert-OH is 2. The number of aliphatic hydroxyl groups is 2. The third-order valence-electron chi connectivity index (χ3n) is 18.0. The second kappa shape index (κ2) is 29.6. The monoisotopic (exact) mass is 1460 g/mol. The number of ether oxygens (including phenoxy) is 4. The van der Waals surface area contributed by atoms with Crippen LogP contribution < -0.4 is 9.80 Å². The Hall–Kier alpha value is -2.59. The predicted octanol–water partition coefficient (Wildman–Crippen LogP) is 15.3. The van der Waals surface area contributed by atoms with E-state index in [1.54, 1.807) is 30.8 Å². The first-order valence-electron chi connectivity index (χ1n) is 32.6. The summed E-state index contributed by atoms with van der Waals surface area (Å²) >= 11 is 5.43. The summed E-state index contributed by atoms with van der Waals surface area (Å²) in [6.07, 6.45) is 19.3. The summed E-state index contributed by atoms with van der Waals surface area (Å²) < 4.78 is 57.9. The van der Waals surface area contributed by atoms with Crippen molar-refractivity contribution in [2.75, 3.05) is 69.4 Å². The van der Waals surface area contributed by atoms with E-state index in [1.165, 1.54) is 86.0 Å². The van der Waals surface area contributed by atoms with Gasteiger partial charge < -0.3 is 39.0 Å². The van der Waals surface area contributed by atoms with E-state index in [2.05, 4.69) is 116 Å². The predicted molar refractivity (Wildman–Crippen MR) is 382 cm³/mol. The lowest BCUT2D eigenvalue weighted by atomic mass is 9.79. The van der Waals surface area contributed by atoms with Gasteiger partial charge in [0.05, 0.1) is 48.2 Å². The molecule has 18 nitrogen and oxygen atoms in total. The van der Waals surface area contributed by atoms with Gasteiger partial charge >= 0.3 is 0 Å². The lowest BCUT2D eigenvalue weighted by molar-refractivity contribution is 0.0936. The van der Waals surface area contributed by atoms with Crippen molar-refractivity contribution in [3.63, 3.8) is 0 Å². The molecule has 6 aromatic rings. The molecule has 4 bridgehead atoms. The highest BCUT2D eigenvalue weighted by Gasteiger charge is 2.41. The van der Waals surface area contributed by atoms with Gasteiger partial charge in [-0.05, 0) is 123 Å². The van der Waals surface area contributed by atoms with Gasteiger partial charge in [-0.3, -0.25) is 0 Å². The molecule has 0 aliphatic heterocycles. The normalized spacial score (nSPS) is 21.4. The number of halogens is 1. The van der Waals surface area contributed by atoms with Crippen LogP contribution in [0.2, 0.25) is 103 Å². The van der Waals surface area contributed by atoms with Gasteiger partial charge in [0.15, 0.2) is 32.8 Å². The van der Waals surface area contributed by atoms with Crippen LogP contribution in [0.3, 0.4) is 0 Å². The Balaban J connectivity index is 0.000000212. The van der Waals surface area contributed by atoms with E-state index in [0.29, 0.717) is 71.6 Å². The van der Waals surface area contributed by atoms with E-state index in [9.17, 15) is 18.6 Å². The third-order valence-corrected chi connectivity index (χ3v) is 29.4. The van der Waals surface area contributed by atoms with Crippen LogP contribution in [0.4, 0.5) is 11.6 Å². The Labute approximate surface area is 556 Å². The topological polar surface area (TPSA) is 204 Å². The average Bonchev–Trinajstić information content (AvgIpc) is 1.72. The zero-order valence-corrected chi connectivity index (χ0v) is 64.5. The van der Waals surface area contributed by atoms with Crippen molar-refractivity contribution in [2.45, 2.75) is 210 Å². The van der Waals surface area contributed by atoms with Gasteiger partial charge in [-0.25, -0.2) is 28.4 Å². The molecular formula is C63H103IN10O8S3Si4. The smallest absolute Gasteiger partial charge is 0.181 e. The first-order valence-corrected chi connectivity index (χ1v) is 52.0. The van der Waals surface area contributed by atoms with E-state index in [1.807, 2.05) is 21.8 Å². The second-order valence-corrected chi connectivity index (χ2v) is 58.7. The molecule has 10 rings (SSSR count). The van der Waals surface area contributed by atoms with Crippen LogP contribution in [0.15, 0.2) is 29.7 Å². The molecule has 4 fully saturated rings. The van der Waals surface area contributed by atoms with E-state index in [-0.39, 0.29) is 24.3 Å². The van der Waals surface area contributed by atoms with Crippen LogP contribution in [0.1, 0.15) is 124 Å². The van der Waals surface area contributed by atoms with Crippen molar-refractivity contribution in [2.24, 2.45) is 23.7 Å². The summed E-state index contributed by atoms with van der Waals surface area (Å²) in [6, 6.07) is 4.25. The van der Waals surface area contributed by atoms with Crippen molar-refractivity contribution in [3.05, 3.63) is 49.8 Å². The number of nitrogens with zero attached hydrogens (tertiary/aromatic N) is 10. The molecule has 4 saturated carbocycles. The standard InChI is InChI=1S/C32H53N5O5S2Si2.C31H50IN5O3SSi2/c1-22(38)31-33-19-27(43-31)26-18-34-37-30(26)35-28(25-16-23-9-10-24(15-23)17-25)29(44(2,39)40)32(37)36(20-41-11-13-45(3,4)5)21-42-12-14-46(6,7)8;1-21(38)30-33-18-26(41-30)25-17-34-37-29(25)35-28(24-15-22-8-9-23(14-22)16-24)27(32)31(37)36(19-39-10-12-42(2,3)4)20-40-11-13-43(5,6)7/h18-19,22-25,38H,9-17,20-21H2,1-8H3;17-18,21-24,38H,8-16,19-20H2,1-7H3/t22?,23-,24?,25?;21?,22-,23+,24?/m0./s1. The quantitative estimate of drug-likeness (QED) is 0.0194. The van der Waals surface area contributed by atoms with Gasteiger partial charge in [0, 0.05) is 89.2 Å². The molecule has 4 aliphatic rings.